The highest BCUT2D eigenvalue weighted by molar-refractivity contribution is 5.91. The van der Waals surface area contributed by atoms with Gasteiger partial charge in [0.05, 0.1) is 24.3 Å². The van der Waals surface area contributed by atoms with Crippen LogP contribution in [0.1, 0.15) is 23.7 Å². The van der Waals surface area contributed by atoms with Crippen molar-refractivity contribution in [2.24, 2.45) is 0 Å². The molecule has 1 aromatic carbocycles. The molecule has 20 heavy (non-hydrogen) atoms. The summed E-state index contributed by atoms with van der Waals surface area (Å²) in [7, 11) is 3.30. The summed E-state index contributed by atoms with van der Waals surface area (Å²) in [5.41, 5.74) is 6.48. The summed E-state index contributed by atoms with van der Waals surface area (Å²) in [5.74, 6) is -0.0675. The SMILES string of the molecule is CCOc1ccc(C(=O)OCCC(=O)N(C)C)cc1N. The maximum atomic E-state index is 11.8. The summed E-state index contributed by atoms with van der Waals surface area (Å²) in [6.07, 6.45) is 0.158. The van der Waals surface area contributed by atoms with Gasteiger partial charge >= 0.3 is 5.97 Å². The number of carbonyl (C=O) groups excluding carboxylic acids is 2. The first-order chi connectivity index (χ1) is 9.45. The second-order valence-corrected chi connectivity index (χ2v) is 4.36. The minimum atomic E-state index is -0.508. The minimum Gasteiger partial charge on any atom is -0.492 e. The van der Waals surface area contributed by atoms with Gasteiger partial charge in [-0.15, -0.1) is 0 Å². The summed E-state index contributed by atoms with van der Waals surface area (Å²) in [6.45, 7) is 2.40. The van der Waals surface area contributed by atoms with Crippen LogP contribution in [-0.2, 0) is 9.53 Å². The molecule has 110 valence electrons. The summed E-state index contributed by atoms with van der Waals surface area (Å²) in [6, 6.07) is 4.71. The monoisotopic (exact) mass is 280 g/mol. The normalized spacial score (nSPS) is 9.95. The third-order valence-electron chi connectivity index (χ3n) is 2.59. The average Bonchev–Trinajstić information content (AvgIpc) is 2.40. The lowest BCUT2D eigenvalue weighted by Crippen LogP contribution is -2.23. The second kappa shape index (κ2) is 7.37. The molecule has 6 heteroatoms. The zero-order valence-corrected chi connectivity index (χ0v) is 12.0. The van der Waals surface area contributed by atoms with Gasteiger partial charge in [0.1, 0.15) is 12.4 Å². The molecule has 0 unspecified atom stereocenters. The molecule has 0 aliphatic carbocycles. The fourth-order valence-electron chi connectivity index (χ4n) is 1.50. The van der Waals surface area contributed by atoms with Crippen LogP contribution < -0.4 is 10.5 Å². The molecular formula is C14H20N2O4. The Bertz CT molecular complexity index is 486. The van der Waals surface area contributed by atoms with Crippen molar-refractivity contribution in [1.82, 2.24) is 4.90 Å². The van der Waals surface area contributed by atoms with Gasteiger partial charge in [0.15, 0.2) is 0 Å². The Morgan fingerprint density at radius 1 is 1.30 bits per heavy atom. The van der Waals surface area contributed by atoms with Gasteiger partial charge in [0.25, 0.3) is 0 Å². The molecule has 0 aliphatic rings. The second-order valence-electron chi connectivity index (χ2n) is 4.36. The molecule has 0 aromatic heterocycles. The fraction of sp³-hybridized carbons (Fsp3) is 0.429. The van der Waals surface area contributed by atoms with Crippen LogP contribution in [0.5, 0.6) is 5.75 Å². The van der Waals surface area contributed by atoms with E-state index >= 15 is 0 Å². The topological polar surface area (TPSA) is 81.9 Å². The lowest BCUT2D eigenvalue weighted by atomic mass is 10.2. The predicted octanol–water partition coefficient (Wildman–Crippen LogP) is 1.30. The van der Waals surface area contributed by atoms with E-state index in [-0.39, 0.29) is 18.9 Å². The molecule has 0 saturated heterocycles. The summed E-state index contributed by atoms with van der Waals surface area (Å²) in [5, 5.41) is 0. The first kappa shape index (κ1) is 15.8. The van der Waals surface area contributed by atoms with Gasteiger partial charge in [-0.2, -0.15) is 0 Å². The molecule has 6 nitrogen and oxygen atoms in total. The first-order valence-electron chi connectivity index (χ1n) is 6.35. The molecule has 0 aliphatic heterocycles. The zero-order valence-electron chi connectivity index (χ0n) is 12.0. The molecule has 2 N–H and O–H groups in total. The van der Waals surface area contributed by atoms with Gasteiger partial charge in [0, 0.05) is 14.1 Å². The Balaban J connectivity index is 2.56. The highest BCUT2D eigenvalue weighted by Gasteiger charge is 2.11. The molecule has 0 atom stereocenters. The summed E-state index contributed by atoms with van der Waals surface area (Å²) < 4.78 is 10.3. The maximum Gasteiger partial charge on any atom is 0.338 e. The number of carbonyl (C=O) groups is 2. The quantitative estimate of drug-likeness (QED) is 0.627. The molecule has 0 fully saturated rings. The largest absolute Gasteiger partial charge is 0.492 e. The number of rotatable bonds is 6. The molecule has 0 saturated carbocycles. The van der Waals surface area contributed by atoms with Crippen LogP contribution in [-0.4, -0.2) is 44.1 Å². The molecule has 0 heterocycles. The number of esters is 1. The average molecular weight is 280 g/mol. The van der Waals surface area contributed by atoms with E-state index in [0.717, 1.165) is 0 Å². The van der Waals surface area contributed by atoms with Crippen LogP contribution >= 0.6 is 0 Å². The van der Waals surface area contributed by atoms with Crippen LogP contribution in [0.25, 0.3) is 0 Å². The zero-order chi connectivity index (χ0) is 15.1. The standard InChI is InChI=1S/C14H20N2O4/c1-4-19-12-6-5-10(9-11(12)15)14(18)20-8-7-13(17)16(2)3/h5-6,9H,4,7-8,15H2,1-3H3. The van der Waals surface area contributed by atoms with Crippen molar-refractivity contribution in [2.45, 2.75) is 13.3 Å². The molecule has 0 spiro atoms. The number of benzene rings is 1. The van der Waals surface area contributed by atoms with Crippen molar-refractivity contribution in [2.75, 3.05) is 33.0 Å². The van der Waals surface area contributed by atoms with E-state index in [9.17, 15) is 9.59 Å². The highest BCUT2D eigenvalue weighted by atomic mass is 16.5. The maximum absolute atomic E-state index is 11.8. The molecule has 0 bridgehead atoms. The number of hydrogen-bond donors (Lipinski definition) is 1. The van der Waals surface area contributed by atoms with Crippen molar-refractivity contribution in [3.63, 3.8) is 0 Å². The number of ether oxygens (including phenoxy) is 2. The Labute approximate surface area is 118 Å². The number of anilines is 1. The van der Waals surface area contributed by atoms with Crippen molar-refractivity contribution >= 4 is 17.6 Å². The molecule has 1 amide bonds. The Morgan fingerprint density at radius 3 is 2.55 bits per heavy atom. The van der Waals surface area contributed by atoms with Crippen molar-refractivity contribution < 1.29 is 19.1 Å². The number of nitrogens with two attached hydrogens (primary N) is 1. The van der Waals surface area contributed by atoms with Crippen LogP contribution in [0, 0.1) is 0 Å². The van der Waals surface area contributed by atoms with E-state index in [2.05, 4.69) is 0 Å². The third-order valence-corrected chi connectivity index (χ3v) is 2.59. The summed E-state index contributed by atoms with van der Waals surface area (Å²) in [4.78, 5) is 24.6. The van der Waals surface area contributed by atoms with Crippen LogP contribution in [0.2, 0.25) is 0 Å². The van der Waals surface area contributed by atoms with E-state index in [1.807, 2.05) is 6.92 Å². The van der Waals surface area contributed by atoms with Crippen molar-refractivity contribution in [1.29, 1.82) is 0 Å². The van der Waals surface area contributed by atoms with Gasteiger partial charge in [-0.3, -0.25) is 4.79 Å². The van der Waals surface area contributed by atoms with Crippen molar-refractivity contribution in [3.8, 4) is 5.75 Å². The highest BCUT2D eigenvalue weighted by Crippen LogP contribution is 2.22. The number of amides is 1. The Hall–Kier alpha value is -2.24. The first-order valence-corrected chi connectivity index (χ1v) is 6.35. The third kappa shape index (κ3) is 4.46. The van der Waals surface area contributed by atoms with Gasteiger partial charge in [-0.05, 0) is 25.1 Å². The number of hydrogen-bond acceptors (Lipinski definition) is 5. The van der Waals surface area contributed by atoms with E-state index in [1.54, 1.807) is 26.2 Å². The van der Waals surface area contributed by atoms with Crippen molar-refractivity contribution in [3.05, 3.63) is 23.8 Å². The summed E-state index contributed by atoms with van der Waals surface area (Å²) >= 11 is 0. The van der Waals surface area contributed by atoms with Gasteiger partial charge in [-0.25, -0.2) is 4.79 Å². The van der Waals surface area contributed by atoms with E-state index in [1.165, 1.54) is 11.0 Å². The number of nitrogens with zero attached hydrogens (tertiary/aromatic N) is 1. The molecule has 1 rings (SSSR count). The van der Waals surface area contributed by atoms with E-state index in [4.69, 9.17) is 15.2 Å². The van der Waals surface area contributed by atoms with Crippen LogP contribution in [0.15, 0.2) is 18.2 Å². The Morgan fingerprint density at radius 2 is 2.00 bits per heavy atom. The molecule has 0 radical (unpaired) electrons. The Kier molecular flexibility index (Phi) is 5.83. The van der Waals surface area contributed by atoms with E-state index < -0.39 is 5.97 Å². The van der Waals surface area contributed by atoms with Gasteiger partial charge in [-0.1, -0.05) is 0 Å². The van der Waals surface area contributed by atoms with Crippen LogP contribution in [0.3, 0.4) is 0 Å². The molecule has 1 aromatic rings. The van der Waals surface area contributed by atoms with Crippen LogP contribution in [0.4, 0.5) is 5.69 Å². The number of nitrogen functional groups attached to an aromatic ring is 1. The minimum absolute atomic E-state index is 0.0446. The lowest BCUT2D eigenvalue weighted by molar-refractivity contribution is -0.129. The van der Waals surface area contributed by atoms with Gasteiger partial charge in [0.2, 0.25) is 5.91 Å². The molecular weight excluding hydrogens is 260 g/mol. The van der Waals surface area contributed by atoms with E-state index in [0.29, 0.717) is 23.6 Å². The fourth-order valence-corrected chi connectivity index (χ4v) is 1.50. The predicted molar refractivity (Wildman–Crippen MR) is 75.6 cm³/mol. The smallest absolute Gasteiger partial charge is 0.338 e. The van der Waals surface area contributed by atoms with Gasteiger partial charge < -0.3 is 20.1 Å². The lowest BCUT2D eigenvalue weighted by Gasteiger charge is -2.11.